The van der Waals surface area contributed by atoms with Gasteiger partial charge in [-0.25, -0.2) is 0 Å². The molecule has 0 aliphatic rings. The van der Waals surface area contributed by atoms with Gasteiger partial charge in [0.05, 0.1) is 0 Å². The average molecular weight is 201 g/mol. The fourth-order valence-corrected chi connectivity index (χ4v) is 1.06. The van der Waals surface area contributed by atoms with Gasteiger partial charge in [0.15, 0.2) is 0 Å². The largest absolute Gasteiger partial charge is 0.358 e. The first kappa shape index (κ1) is 12.4. The molecule has 0 heterocycles. The van der Waals surface area contributed by atoms with Crippen LogP contribution < -0.4 is 16.0 Å². The maximum Gasteiger partial charge on any atom is 0.244 e. The molecule has 6 nitrogen and oxygen atoms in total. The molecule has 0 aromatic rings. The van der Waals surface area contributed by atoms with E-state index in [9.17, 15) is 14.4 Å². The molecule has 0 atom stereocenters. The van der Waals surface area contributed by atoms with Crippen molar-refractivity contribution >= 4 is 17.7 Å². The van der Waals surface area contributed by atoms with Gasteiger partial charge in [-0.1, -0.05) is 0 Å². The van der Waals surface area contributed by atoms with Crippen molar-refractivity contribution in [3.63, 3.8) is 0 Å². The number of nitrogens with one attached hydrogen (secondary N) is 3. The Hall–Kier alpha value is -1.59. The van der Waals surface area contributed by atoms with Crippen LogP contribution in [-0.4, -0.2) is 38.9 Å². The van der Waals surface area contributed by atoms with E-state index in [4.69, 9.17) is 0 Å². The lowest BCUT2D eigenvalue weighted by molar-refractivity contribution is -0.150. The normalized spacial score (nSPS) is 10.3. The van der Waals surface area contributed by atoms with Crippen LogP contribution in [0.3, 0.4) is 0 Å². The topological polar surface area (TPSA) is 87.3 Å². The lowest BCUT2D eigenvalue weighted by Crippen LogP contribution is -2.56. The zero-order valence-electron chi connectivity index (χ0n) is 8.72. The van der Waals surface area contributed by atoms with Gasteiger partial charge in [-0.2, -0.15) is 0 Å². The quantitative estimate of drug-likeness (QED) is 0.472. The summed E-state index contributed by atoms with van der Waals surface area (Å²) in [6.45, 7) is 1.27. The highest BCUT2D eigenvalue weighted by molar-refractivity contribution is 6.21. The van der Waals surface area contributed by atoms with Crippen LogP contribution in [0, 0.1) is 5.41 Å². The van der Waals surface area contributed by atoms with Crippen molar-refractivity contribution < 1.29 is 14.4 Å². The van der Waals surface area contributed by atoms with Crippen LogP contribution in [0.2, 0.25) is 0 Å². The minimum atomic E-state index is -1.72. The molecule has 80 valence electrons. The summed E-state index contributed by atoms with van der Waals surface area (Å²) in [5.41, 5.74) is -1.72. The van der Waals surface area contributed by atoms with Gasteiger partial charge >= 0.3 is 0 Å². The fourth-order valence-electron chi connectivity index (χ4n) is 1.06. The highest BCUT2D eigenvalue weighted by atomic mass is 16.2. The molecule has 14 heavy (non-hydrogen) atoms. The lowest BCUT2D eigenvalue weighted by Gasteiger charge is -2.23. The Balaban J connectivity index is 5.14. The molecule has 0 unspecified atom stereocenters. The van der Waals surface area contributed by atoms with Crippen LogP contribution in [0.25, 0.3) is 0 Å². The minimum absolute atomic E-state index is 0.642. The first-order chi connectivity index (χ1) is 6.44. The molecule has 0 saturated carbocycles. The number of carbonyl (C=O) groups is 3. The van der Waals surface area contributed by atoms with E-state index < -0.39 is 23.1 Å². The summed E-state index contributed by atoms with van der Waals surface area (Å²) in [5, 5.41) is 6.83. The van der Waals surface area contributed by atoms with Crippen LogP contribution >= 0.6 is 0 Å². The van der Waals surface area contributed by atoms with E-state index in [1.54, 1.807) is 0 Å². The van der Waals surface area contributed by atoms with Crippen molar-refractivity contribution in [3.05, 3.63) is 0 Å². The molecule has 0 radical (unpaired) electrons. The number of hydrogen-bond donors (Lipinski definition) is 3. The Kier molecular flexibility index (Phi) is 4.07. The molecule has 0 aromatic carbocycles. The van der Waals surface area contributed by atoms with Crippen molar-refractivity contribution in [1.29, 1.82) is 0 Å². The van der Waals surface area contributed by atoms with Crippen LogP contribution in [0.15, 0.2) is 0 Å². The Labute approximate surface area is 82.4 Å². The van der Waals surface area contributed by atoms with E-state index in [2.05, 4.69) is 16.0 Å². The van der Waals surface area contributed by atoms with Crippen LogP contribution in [-0.2, 0) is 14.4 Å². The summed E-state index contributed by atoms with van der Waals surface area (Å²) in [5.74, 6) is -1.93. The molecule has 0 fully saturated rings. The molecule has 0 bridgehead atoms. The number of amides is 3. The first-order valence-corrected chi connectivity index (χ1v) is 4.11. The van der Waals surface area contributed by atoms with Gasteiger partial charge in [-0.15, -0.1) is 0 Å². The summed E-state index contributed by atoms with van der Waals surface area (Å²) < 4.78 is 0. The number of hydrogen-bond acceptors (Lipinski definition) is 3. The molecule has 0 aromatic heterocycles. The Bertz CT molecular complexity index is 222. The summed E-state index contributed by atoms with van der Waals surface area (Å²) in [6.07, 6.45) is 0. The van der Waals surface area contributed by atoms with Crippen molar-refractivity contribution in [1.82, 2.24) is 16.0 Å². The van der Waals surface area contributed by atoms with E-state index in [0.717, 1.165) is 0 Å². The molecule has 0 spiro atoms. The molecule has 0 aliphatic heterocycles. The van der Waals surface area contributed by atoms with E-state index >= 15 is 0 Å². The van der Waals surface area contributed by atoms with E-state index in [0.29, 0.717) is 0 Å². The van der Waals surface area contributed by atoms with Gasteiger partial charge in [0.1, 0.15) is 0 Å². The van der Waals surface area contributed by atoms with Crippen molar-refractivity contribution in [2.24, 2.45) is 5.41 Å². The zero-order valence-corrected chi connectivity index (χ0v) is 8.72. The number of rotatable bonds is 3. The number of carbonyl (C=O) groups excluding carboxylic acids is 3. The summed E-state index contributed by atoms with van der Waals surface area (Å²) in [6, 6.07) is 0. The predicted octanol–water partition coefficient (Wildman–Crippen LogP) is -1.77. The summed E-state index contributed by atoms with van der Waals surface area (Å²) in [4.78, 5) is 34.2. The summed E-state index contributed by atoms with van der Waals surface area (Å²) >= 11 is 0. The van der Waals surface area contributed by atoms with Gasteiger partial charge in [0.2, 0.25) is 23.1 Å². The molecular weight excluding hydrogens is 186 g/mol. The Morgan fingerprint density at radius 2 is 1.00 bits per heavy atom. The standard InChI is InChI=1S/C8H15N3O3/c1-8(5(12)9-2,6(13)10-3)7(14)11-4/h1-4H3,(H,9,12)(H,10,13)(H,11,14). The Morgan fingerprint density at radius 1 is 0.786 bits per heavy atom. The van der Waals surface area contributed by atoms with E-state index in [1.807, 2.05) is 0 Å². The highest BCUT2D eigenvalue weighted by Crippen LogP contribution is 2.16. The third-order valence-corrected chi connectivity index (χ3v) is 2.04. The molecule has 3 N–H and O–H groups in total. The van der Waals surface area contributed by atoms with Crippen LogP contribution in [0.1, 0.15) is 6.92 Å². The molecular formula is C8H15N3O3. The highest BCUT2D eigenvalue weighted by Gasteiger charge is 2.46. The molecule has 0 saturated heterocycles. The van der Waals surface area contributed by atoms with Gasteiger partial charge in [0, 0.05) is 21.1 Å². The average Bonchev–Trinajstić information content (AvgIpc) is 2.24. The van der Waals surface area contributed by atoms with Crippen LogP contribution in [0.4, 0.5) is 0 Å². The SMILES string of the molecule is CNC(=O)C(C)(C(=O)NC)C(=O)NC. The third kappa shape index (κ3) is 1.84. The lowest BCUT2D eigenvalue weighted by atomic mass is 9.87. The van der Waals surface area contributed by atoms with Crippen molar-refractivity contribution in [2.45, 2.75) is 6.92 Å². The second kappa shape index (κ2) is 4.59. The fraction of sp³-hybridized carbons (Fsp3) is 0.625. The minimum Gasteiger partial charge on any atom is -0.358 e. The van der Waals surface area contributed by atoms with Crippen LogP contribution in [0.5, 0.6) is 0 Å². The first-order valence-electron chi connectivity index (χ1n) is 4.11. The van der Waals surface area contributed by atoms with E-state index in [-0.39, 0.29) is 0 Å². The van der Waals surface area contributed by atoms with E-state index in [1.165, 1.54) is 28.1 Å². The van der Waals surface area contributed by atoms with Gasteiger partial charge in [0.25, 0.3) is 0 Å². The van der Waals surface area contributed by atoms with Crippen molar-refractivity contribution in [3.8, 4) is 0 Å². The molecule has 0 aliphatic carbocycles. The molecule has 0 rings (SSSR count). The van der Waals surface area contributed by atoms with Crippen molar-refractivity contribution in [2.75, 3.05) is 21.1 Å². The van der Waals surface area contributed by atoms with Gasteiger partial charge in [-0.3, -0.25) is 14.4 Å². The maximum atomic E-state index is 11.4. The monoisotopic (exact) mass is 201 g/mol. The zero-order chi connectivity index (χ0) is 11.4. The van der Waals surface area contributed by atoms with Gasteiger partial charge < -0.3 is 16.0 Å². The Morgan fingerprint density at radius 3 is 1.14 bits per heavy atom. The smallest absolute Gasteiger partial charge is 0.244 e. The molecule has 3 amide bonds. The second-order valence-corrected chi connectivity index (χ2v) is 2.86. The second-order valence-electron chi connectivity index (χ2n) is 2.86. The molecule has 6 heteroatoms. The van der Waals surface area contributed by atoms with Gasteiger partial charge in [-0.05, 0) is 6.92 Å². The maximum absolute atomic E-state index is 11.4. The third-order valence-electron chi connectivity index (χ3n) is 2.04. The predicted molar refractivity (Wildman–Crippen MR) is 50.3 cm³/mol. The summed E-state index contributed by atoms with van der Waals surface area (Å²) in [7, 11) is 4.10.